The van der Waals surface area contributed by atoms with Gasteiger partial charge in [0.2, 0.25) is 0 Å². The summed E-state index contributed by atoms with van der Waals surface area (Å²) in [6.07, 6.45) is 1.35. The van der Waals surface area contributed by atoms with Crippen LogP contribution in [-0.2, 0) is 5.75 Å². The molecule has 0 atom stereocenters. The summed E-state index contributed by atoms with van der Waals surface area (Å²) in [4.78, 5) is 0. The minimum atomic E-state index is -0.332. The normalized spacial score (nSPS) is 11.9. The molecule has 2 aromatic rings. The summed E-state index contributed by atoms with van der Waals surface area (Å²) < 4.78 is 13.3. The molecule has 0 fully saturated rings. The molecule has 2 N–H and O–H groups in total. The van der Waals surface area contributed by atoms with E-state index < -0.39 is 0 Å². The van der Waals surface area contributed by atoms with E-state index in [9.17, 15) is 4.39 Å². The molecule has 20 heavy (non-hydrogen) atoms. The lowest BCUT2D eigenvalue weighted by atomic mass is 10.2. The molecule has 0 radical (unpaired) electrons. The monoisotopic (exact) mass is 287 g/mol. The maximum absolute atomic E-state index is 13.3. The minimum absolute atomic E-state index is 0.332. The Kier molecular flexibility index (Phi) is 5.32. The molecule has 0 unspecified atom stereocenters. The van der Waals surface area contributed by atoms with Gasteiger partial charge in [0.05, 0.1) is 6.21 Å². The predicted octanol–water partition coefficient (Wildman–Crippen LogP) is 3.41. The van der Waals surface area contributed by atoms with E-state index in [1.165, 1.54) is 24.0 Å². The van der Waals surface area contributed by atoms with Crippen molar-refractivity contribution in [3.63, 3.8) is 0 Å². The van der Waals surface area contributed by atoms with E-state index in [0.717, 1.165) is 11.3 Å². The SMILES string of the molecule is NC(=NN=Cc1ccccc1F)SCc1ccccc1. The van der Waals surface area contributed by atoms with Crippen LogP contribution in [0.1, 0.15) is 11.1 Å². The number of hydrogen-bond acceptors (Lipinski definition) is 3. The Balaban J connectivity index is 1.89. The van der Waals surface area contributed by atoms with Gasteiger partial charge >= 0.3 is 0 Å². The van der Waals surface area contributed by atoms with Crippen molar-refractivity contribution in [3.8, 4) is 0 Å². The number of halogens is 1. The first kappa shape index (κ1) is 14.3. The minimum Gasteiger partial charge on any atom is -0.377 e. The van der Waals surface area contributed by atoms with E-state index in [4.69, 9.17) is 5.73 Å². The molecule has 2 aromatic carbocycles. The van der Waals surface area contributed by atoms with Gasteiger partial charge in [0.25, 0.3) is 0 Å². The molecule has 2 rings (SSSR count). The van der Waals surface area contributed by atoms with Gasteiger partial charge in [-0.15, -0.1) is 5.10 Å². The summed E-state index contributed by atoms with van der Waals surface area (Å²) in [5, 5.41) is 7.98. The summed E-state index contributed by atoms with van der Waals surface area (Å²) in [6.45, 7) is 0. The van der Waals surface area contributed by atoms with Crippen molar-refractivity contribution < 1.29 is 4.39 Å². The average molecular weight is 287 g/mol. The smallest absolute Gasteiger partial charge is 0.180 e. The predicted molar refractivity (Wildman–Crippen MR) is 83.4 cm³/mol. The fourth-order valence-electron chi connectivity index (χ4n) is 1.49. The van der Waals surface area contributed by atoms with Crippen LogP contribution in [0.4, 0.5) is 4.39 Å². The van der Waals surface area contributed by atoms with Gasteiger partial charge in [0, 0.05) is 11.3 Å². The highest BCUT2D eigenvalue weighted by Gasteiger charge is 1.97. The molecule has 3 nitrogen and oxygen atoms in total. The summed E-state index contributed by atoms with van der Waals surface area (Å²) in [5.41, 5.74) is 7.28. The lowest BCUT2D eigenvalue weighted by Crippen LogP contribution is -2.06. The second-order valence-corrected chi connectivity index (χ2v) is 4.97. The quantitative estimate of drug-likeness (QED) is 0.532. The molecule has 0 heterocycles. The van der Waals surface area contributed by atoms with E-state index in [0.29, 0.717) is 10.7 Å². The number of rotatable bonds is 4. The summed E-state index contributed by atoms with van der Waals surface area (Å²) >= 11 is 1.39. The molecule has 0 bridgehead atoms. The number of hydrogen-bond donors (Lipinski definition) is 1. The molecule has 102 valence electrons. The van der Waals surface area contributed by atoms with Gasteiger partial charge < -0.3 is 5.73 Å². The molecular formula is C15H14FN3S. The van der Waals surface area contributed by atoms with Crippen LogP contribution in [0.25, 0.3) is 0 Å². The molecule has 0 spiro atoms. The van der Waals surface area contributed by atoms with Crippen molar-refractivity contribution >= 4 is 23.1 Å². The molecule has 0 aliphatic rings. The number of thioether (sulfide) groups is 1. The molecule has 0 saturated carbocycles. The Labute approximate surface area is 121 Å². The van der Waals surface area contributed by atoms with Gasteiger partial charge in [-0.2, -0.15) is 5.10 Å². The maximum atomic E-state index is 13.3. The lowest BCUT2D eigenvalue weighted by molar-refractivity contribution is 0.626. The van der Waals surface area contributed by atoms with Crippen LogP contribution in [0.5, 0.6) is 0 Å². The zero-order valence-corrected chi connectivity index (χ0v) is 11.6. The second kappa shape index (κ2) is 7.45. The van der Waals surface area contributed by atoms with Crippen LogP contribution in [0.3, 0.4) is 0 Å². The summed E-state index contributed by atoms with van der Waals surface area (Å²) in [7, 11) is 0. The molecule has 0 aliphatic carbocycles. The highest BCUT2D eigenvalue weighted by molar-refractivity contribution is 8.13. The topological polar surface area (TPSA) is 50.7 Å². The van der Waals surface area contributed by atoms with Crippen molar-refractivity contribution in [2.75, 3.05) is 0 Å². The first-order valence-corrected chi connectivity index (χ1v) is 7.02. The first-order chi connectivity index (χ1) is 9.75. The van der Waals surface area contributed by atoms with E-state index in [-0.39, 0.29) is 5.82 Å². The Bertz CT molecular complexity index is 612. The third kappa shape index (κ3) is 4.51. The molecule has 0 aliphatic heterocycles. The molecule has 0 aromatic heterocycles. The summed E-state index contributed by atoms with van der Waals surface area (Å²) in [5.74, 6) is 0.396. The maximum Gasteiger partial charge on any atom is 0.180 e. The van der Waals surface area contributed by atoms with Gasteiger partial charge in [-0.25, -0.2) is 4.39 Å². The van der Waals surface area contributed by atoms with Crippen molar-refractivity contribution in [2.24, 2.45) is 15.9 Å². The zero-order chi connectivity index (χ0) is 14.2. The number of benzene rings is 2. The lowest BCUT2D eigenvalue weighted by Gasteiger charge is -1.99. The van der Waals surface area contributed by atoms with Crippen molar-refractivity contribution in [1.29, 1.82) is 0 Å². The van der Waals surface area contributed by atoms with E-state index in [1.807, 2.05) is 30.3 Å². The molecular weight excluding hydrogens is 273 g/mol. The van der Waals surface area contributed by atoms with Crippen molar-refractivity contribution in [1.82, 2.24) is 0 Å². The van der Waals surface area contributed by atoms with Crippen LogP contribution in [0, 0.1) is 5.82 Å². The van der Waals surface area contributed by atoms with Crippen molar-refractivity contribution in [2.45, 2.75) is 5.75 Å². The standard InChI is InChI=1S/C15H14FN3S/c16-14-9-5-4-8-13(14)10-18-19-15(17)20-11-12-6-2-1-3-7-12/h1-10H,11H2,(H2,17,19). The van der Waals surface area contributed by atoms with Crippen LogP contribution in [0.2, 0.25) is 0 Å². The molecule has 0 amide bonds. The second-order valence-electron chi connectivity index (χ2n) is 3.98. The highest BCUT2D eigenvalue weighted by atomic mass is 32.2. The first-order valence-electron chi connectivity index (χ1n) is 6.03. The largest absolute Gasteiger partial charge is 0.377 e. The Morgan fingerprint density at radius 2 is 1.80 bits per heavy atom. The Morgan fingerprint density at radius 3 is 2.55 bits per heavy atom. The molecule has 0 saturated heterocycles. The third-order valence-corrected chi connectivity index (χ3v) is 3.34. The van der Waals surface area contributed by atoms with Crippen LogP contribution < -0.4 is 5.73 Å². The van der Waals surface area contributed by atoms with E-state index in [1.54, 1.807) is 18.2 Å². The fraction of sp³-hybridized carbons (Fsp3) is 0.0667. The number of nitrogens with zero attached hydrogens (tertiary/aromatic N) is 2. The number of amidine groups is 1. The van der Waals surface area contributed by atoms with Gasteiger partial charge in [-0.1, -0.05) is 60.3 Å². The molecule has 5 heteroatoms. The van der Waals surface area contributed by atoms with Crippen LogP contribution in [0.15, 0.2) is 64.8 Å². The van der Waals surface area contributed by atoms with Gasteiger partial charge in [-0.3, -0.25) is 0 Å². The van der Waals surface area contributed by atoms with E-state index in [2.05, 4.69) is 10.2 Å². The third-order valence-electron chi connectivity index (χ3n) is 2.49. The Hall–Kier alpha value is -2.14. The Morgan fingerprint density at radius 1 is 1.10 bits per heavy atom. The number of nitrogens with two attached hydrogens (primary N) is 1. The van der Waals surface area contributed by atoms with Crippen LogP contribution in [-0.4, -0.2) is 11.4 Å². The highest BCUT2D eigenvalue weighted by Crippen LogP contribution is 2.11. The van der Waals surface area contributed by atoms with Gasteiger partial charge in [-0.05, 0) is 11.6 Å². The fourth-order valence-corrected chi connectivity index (χ4v) is 2.10. The van der Waals surface area contributed by atoms with Crippen LogP contribution >= 0.6 is 11.8 Å². The van der Waals surface area contributed by atoms with E-state index >= 15 is 0 Å². The summed E-state index contributed by atoms with van der Waals surface area (Å²) in [6, 6.07) is 16.3. The van der Waals surface area contributed by atoms with Gasteiger partial charge in [0.1, 0.15) is 5.82 Å². The zero-order valence-electron chi connectivity index (χ0n) is 10.7. The van der Waals surface area contributed by atoms with Crippen molar-refractivity contribution in [3.05, 3.63) is 71.5 Å². The average Bonchev–Trinajstić information content (AvgIpc) is 2.48. The van der Waals surface area contributed by atoms with Gasteiger partial charge in [0.15, 0.2) is 5.17 Å².